The fraction of sp³-hybridized carbons (Fsp3) is 0.400. The van der Waals surface area contributed by atoms with Gasteiger partial charge in [0, 0.05) is 12.0 Å². The van der Waals surface area contributed by atoms with Gasteiger partial charge >= 0.3 is 0 Å². The standard InChI is InChI=1S/C15H18O3/c1-2-3-4-5-6-7-13(16)12-8-9-14-15(10-12)18-11-17-14/h5-6,8-10H,2-4,7,11H2,1H3/b6-5-. The first-order valence-electron chi connectivity index (χ1n) is 6.39. The molecule has 1 aliphatic rings. The van der Waals surface area contributed by atoms with Gasteiger partial charge in [0.25, 0.3) is 0 Å². The van der Waals surface area contributed by atoms with Crippen molar-refractivity contribution in [2.45, 2.75) is 32.6 Å². The number of Topliss-reactive ketones (excluding diaryl/α,β-unsaturated/α-hetero) is 1. The zero-order valence-corrected chi connectivity index (χ0v) is 10.6. The molecule has 0 aromatic heterocycles. The summed E-state index contributed by atoms with van der Waals surface area (Å²) in [6.45, 7) is 2.40. The number of carbonyl (C=O) groups is 1. The number of ether oxygens (including phenoxy) is 2. The number of unbranched alkanes of at least 4 members (excludes halogenated alkanes) is 2. The Morgan fingerprint density at radius 3 is 2.94 bits per heavy atom. The van der Waals surface area contributed by atoms with E-state index in [0.29, 0.717) is 23.5 Å². The maximum absolute atomic E-state index is 11.9. The van der Waals surface area contributed by atoms with Gasteiger partial charge in [0.1, 0.15) is 0 Å². The molecule has 3 nitrogen and oxygen atoms in total. The summed E-state index contributed by atoms with van der Waals surface area (Å²) < 4.78 is 10.5. The number of allylic oxidation sites excluding steroid dienone is 2. The maximum Gasteiger partial charge on any atom is 0.231 e. The van der Waals surface area contributed by atoms with E-state index in [1.54, 1.807) is 18.2 Å². The molecule has 0 aliphatic carbocycles. The molecule has 1 aliphatic heterocycles. The van der Waals surface area contributed by atoms with E-state index in [0.717, 1.165) is 6.42 Å². The monoisotopic (exact) mass is 246 g/mol. The fourth-order valence-corrected chi connectivity index (χ4v) is 1.82. The Hall–Kier alpha value is -1.77. The molecule has 0 fully saturated rings. The Labute approximate surface area is 107 Å². The summed E-state index contributed by atoms with van der Waals surface area (Å²) in [6, 6.07) is 5.33. The van der Waals surface area contributed by atoms with Crippen LogP contribution in [0.5, 0.6) is 11.5 Å². The predicted octanol–water partition coefficient (Wildman–Crippen LogP) is 3.73. The van der Waals surface area contributed by atoms with Gasteiger partial charge in [0.2, 0.25) is 6.79 Å². The maximum atomic E-state index is 11.9. The minimum atomic E-state index is 0.112. The lowest BCUT2D eigenvalue weighted by Gasteiger charge is -2.00. The summed E-state index contributed by atoms with van der Waals surface area (Å²) in [6.07, 6.45) is 7.88. The number of benzene rings is 1. The quantitative estimate of drug-likeness (QED) is 0.436. The molecule has 0 saturated heterocycles. The molecule has 96 valence electrons. The molecule has 1 heterocycles. The lowest BCUT2D eigenvalue weighted by Crippen LogP contribution is -1.96. The third kappa shape index (κ3) is 3.13. The number of ketones is 1. The molecule has 0 bridgehead atoms. The predicted molar refractivity (Wildman–Crippen MR) is 70.2 cm³/mol. The first-order chi connectivity index (χ1) is 8.81. The lowest BCUT2D eigenvalue weighted by atomic mass is 10.1. The Morgan fingerprint density at radius 2 is 2.11 bits per heavy atom. The Morgan fingerprint density at radius 1 is 1.28 bits per heavy atom. The van der Waals surface area contributed by atoms with Crippen LogP contribution in [0, 0.1) is 0 Å². The van der Waals surface area contributed by atoms with Crippen LogP contribution in [0.2, 0.25) is 0 Å². The molecule has 0 amide bonds. The van der Waals surface area contributed by atoms with Crippen LogP contribution in [-0.4, -0.2) is 12.6 Å². The van der Waals surface area contributed by atoms with E-state index in [4.69, 9.17) is 9.47 Å². The minimum absolute atomic E-state index is 0.112. The molecule has 3 heteroatoms. The fourth-order valence-electron chi connectivity index (χ4n) is 1.82. The summed E-state index contributed by atoms with van der Waals surface area (Å²) in [5, 5.41) is 0. The number of fused-ring (bicyclic) bond motifs is 1. The van der Waals surface area contributed by atoms with Crippen molar-refractivity contribution >= 4 is 5.78 Å². The van der Waals surface area contributed by atoms with Crippen LogP contribution in [0.4, 0.5) is 0 Å². The first-order valence-corrected chi connectivity index (χ1v) is 6.39. The number of rotatable bonds is 6. The van der Waals surface area contributed by atoms with Crippen LogP contribution in [0.3, 0.4) is 0 Å². The van der Waals surface area contributed by atoms with Gasteiger partial charge in [-0.25, -0.2) is 0 Å². The Bertz CT molecular complexity index is 449. The smallest absolute Gasteiger partial charge is 0.231 e. The van der Waals surface area contributed by atoms with Gasteiger partial charge in [-0.05, 0) is 24.6 Å². The molecule has 0 unspecified atom stereocenters. The van der Waals surface area contributed by atoms with E-state index in [9.17, 15) is 4.79 Å². The van der Waals surface area contributed by atoms with E-state index in [-0.39, 0.29) is 12.6 Å². The van der Waals surface area contributed by atoms with Gasteiger partial charge in [-0.15, -0.1) is 0 Å². The molecule has 0 atom stereocenters. The van der Waals surface area contributed by atoms with Crippen molar-refractivity contribution in [3.63, 3.8) is 0 Å². The van der Waals surface area contributed by atoms with Gasteiger partial charge in [0.05, 0.1) is 0 Å². The summed E-state index contributed by atoms with van der Waals surface area (Å²) in [5.74, 6) is 1.49. The van der Waals surface area contributed by atoms with Crippen molar-refractivity contribution in [3.05, 3.63) is 35.9 Å². The zero-order valence-electron chi connectivity index (χ0n) is 10.6. The summed E-state index contributed by atoms with van der Waals surface area (Å²) in [7, 11) is 0. The van der Waals surface area contributed by atoms with Crippen molar-refractivity contribution < 1.29 is 14.3 Å². The second-order valence-electron chi connectivity index (χ2n) is 4.31. The third-order valence-electron chi connectivity index (χ3n) is 2.89. The topological polar surface area (TPSA) is 35.5 Å². The minimum Gasteiger partial charge on any atom is -0.454 e. The molecule has 0 radical (unpaired) electrons. The molecular formula is C15H18O3. The SMILES string of the molecule is CCCC/C=C\CC(=O)c1ccc2c(c1)OCO2. The van der Waals surface area contributed by atoms with E-state index in [1.165, 1.54) is 12.8 Å². The second kappa shape index (κ2) is 6.24. The highest BCUT2D eigenvalue weighted by atomic mass is 16.7. The van der Waals surface area contributed by atoms with Crippen molar-refractivity contribution in [2.24, 2.45) is 0 Å². The van der Waals surface area contributed by atoms with Gasteiger partial charge in [-0.3, -0.25) is 4.79 Å². The highest BCUT2D eigenvalue weighted by molar-refractivity contribution is 5.97. The molecule has 0 spiro atoms. The zero-order chi connectivity index (χ0) is 12.8. The second-order valence-corrected chi connectivity index (χ2v) is 4.31. The molecular weight excluding hydrogens is 228 g/mol. The van der Waals surface area contributed by atoms with Crippen LogP contribution < -0.4 is 9.47 Å². The van der Waals surface area contributed by atoms with Crippen molar-refractivity contribution in [1.29, 1.82) is 0 Å². The van der Waals surface area contributed by atoms with Crippen LogP contribution in [0.25, 0.3) is 0 Å². The largest absolute Gasteiger partial charge is 0.454 e. The summed E-state index contributed by atoms with van der Waals surface area (Å²) in [4.78, 5) is 11.9. The summed E-state index contributed by atoms with van der Waals surface area (Å²) in [5.41, 5.74) is 0.680. The number of hydrogen-bond acceptors (Lipinski definition) is 3. The summed E-state index contributed by atoms with van der Waals surface area (Å²) >= 11 is 0. The van der Waals surface area contributed by atoms with E-state index >= 15 is 0 Å². The highest BCUT2D eigenvalue weighted by Crippen LogP contribution is 2.32. The van der Waals surface area contributed by atoms with Crippen LogP contribution >= 0.6 is 0 Å². The molecule has 1 aromatic carbocycles. The Balaban J connectivity index is 1.91. The van der Waals surface area contributed by atoms with E-state index in [2.05, 4.69) is 13.0 Å². The van der Waals surface area contributed by atoms with Gasteiger partial charge in [-0.2, -0.15) is 0 Å². The normalized spacial score (nSPS) is 13.2. The van der Waals surface area contributed by atoms with Crippen LogP contribution in [0.1, 0.15) is 43.0 Å². The average Bonchev–Trinajstić information content (AvgIpc) is 2.85. The van der Waals surface area contributed by atoms with Crippen LogP contribution in [-0.2, 0) is 0 Å². The van der Waals surface area contributed by atoms with E-state index in [1.807, 2.05) is 6.08 Å². The van der Waals surface area contributed by atoms with Crippen molar-refractivity contribution in [2.75, 3.05) is 6.79 Å². The van der Waals surface area contributed by atoms with Crippen molar-refractivity contribution in [3.8, 4) is 11.5 Å². The van der Waals surface area contributed by atoms with Gasteiger partial charge in [-0.1, -0.05) is 31.9 Å². The molecule has 2 rings (SSSR count). The van der Waals surface area contributed by atoms with Gasteiger partial charge in [0.15, 0.2) is 17.3 Å². The molecule has 18 heavy (non-hydrogen) atoms. The van der Waals surface area contributed by atoms with Gasteiger partial charge < -0.3 is 9.47 Å². The molecule has 1 aromatic rings. The Kier molecular flexibility index (Phi) is 4.40. The number of hydrogen-bond donors (Lipinski definition) is 0. The lowest BCUT2D eigenvalue weighted by molar-refractivity contribution is 0.0995. The molecule has 0 N–H and O–H groups in total. The third-order valence-corrected chi connectivity index (χ3v) is 2.89. The average molecular weight is 246 g/mol. The van der Waals surface area contributed by atoms with Crippen molar-refractivity contribution in [1.82, 2.24) is 0 Å². The van der Waals surface area contributed by atoms with E-state index < -0.39 is 0 Å². The van der Waals surface area contributed by atoms with Crippen LogP contribution in [0.15, 0.2) is 30.4 Å². The molecule has 0 saturated carbocycles. The highest BCUT2D eigenvalue weighted by Gasteiger charge is 2.15. The number of carbonyl (C=O) groups excluding carboxylic acids is 1. The first kappa shape index (κ1) is 12.7.